The summed E-state index contributed by atoms with van der Waals surface area (Å²) in [5.41, 5.74) is 0.508. The van der Waals surface area contributed by atoms with Crippen LogP contribution in [0.5, 0.6) is 0 Å². The third-order valence-corrected chi connectivity index (χ3v) is 4.74. The first-order valence-corrected chi connectivity index (χ1v) is 9.33. The predicted molar refractivity (Wildman–Crippen MR) is 98.0 cm³/mol. The van der Waals surface area contributed by atoms with Crippen LogP contribution >= 0.6 is 0 Å². The van der Waals surface area contributed by atoms with Gasteiger partial charge in [0, 0.05) is 31.1 Å². The summed E-state index contributed by atoms with van der Waals surface area (Å²) < 4.78 is 7.38. The second-order valence-corrected chi connectivity index (χ2v) is 8.10. The number of carbonyl (C=O) groups is 2. The number of ether oxygens (including phenoxy) is 1. The Morgan fingerprint density at radius 2 is 2.23 bits per heavy atom. The van der Waals surface area contributed by atoms with E-state index in [0.29, 0.717) is 19.4 Å². The van der Waals surface area contributed by atoms with Gasteiger partial charge in [0.2, 0.25) is 0 Å². The van der Waals surface area contributed by atoms with Gasteiger partial charge in [0.15, 0.2) is 0 Å². The van der Waals surface area contributed by atoms with E-state index < -0.39 is 5.60 Å². The van der Waals surface area contributed by atoms with Crippen LogP contribution in [0.3, 0.4) is 0 Å². The molecule has 7 nitrogen and oxygen atoms in total. The van der Waals surface area contributed by atoms with E-state index >= 15 is 0 Å². The fraction of sp³-hybridized carbons (Fsp3) is 0.737. The Morgan fingerprint density at radius 3 is 2.85 bits per heavy atom. The molecule has 1 aliphatic rings. The second kappa shape index (κ2) is 8.66. The Bertz CT molecular complexity index is 608. The van der Waals surface area contributed by atoms with Gasteiger partial charge in [0.1, 0.15) is 11.9 Å². The van der Waals surface area contributed by atoms with Gasteiger partial charge in [-0.3, -0.25) is 4.68 Å². The number of hydrogen-bond donors (Lipinski definition) is 1. The van der Waals surface area contributed by atoms with Gasteiger partial charge in [-0.25, -0.2) is 4.79 Å². The van der Waals surface area contributed by atoms with Crippen molar-refractivity contribution in [2.24, 2.45) is 0 Å². The molecule has 0 saturated carbocycles. The summed E-state index contributed by atoms with van der Waals surface area (Å²) in [6, 6.07) is -0.0103. The van der Waals surface area contributed by atoms with Crippen molar-refractivity contribution in [1.82, 2.24) is 14.7 Å². The molecule has 1 aliphatic heterocycles. The summed E-state index contributed by atoms with van der Waals surface area (Å²) in [5.74, 6) is 0.135. The van der Waals surface area contributed by atoms with Crippen LogP contribution in [-0.2, 0) is 9.53 Å². The molecule has 1 N–H and O–H groups in total. The molecular formula is C19H31N3O4. The molecule has 0 aliphatic carbocycles. The number of aliphatic hydroxyl groups excluding tert-OH is 1. The third-order valence-electron chi connectivity index (χ3n) is 4.74. The first kappa shape index (κ1) is 20.4. The van der Waals surface area contributed by atoms with E-state index in [2.05, 4.69) is 12.0 Å². The lowest BCUT2D eigenvalue weighted by molar-refractivity contribution is -0.107. The molecule has 1 aromatic rings. The van der Waals surface area contributed by atoms with Crippen molar-refractivity contribution >= 4 is 12.4 Å². The zero-order valence-corrected chi connectivity index (χ0v) is 16.2. The number of rotatable bonds is 7. The molecule has 0 radical (unpaired) electrons. The van der Waals surface area contributed by atoms with Crippen molar-refractivity contribution in [3.8, 4) is 0 Å². The van der Waals surface area contributed by atoms with Gasteiger partial charge in [0.25, 0.3) is 0 Å². The molecule has 0 bridgehead atoms. The van der Waals surface area contributed by atoms with Crippen LogP contribution in [-0.4, -0.2) is 57.0 Å². The molecule has 1 aromatic heterocycles. The van der Waals surface area contributed by atoms with E-state index in [1.807, 2.05) is 37.8 Å². The van der Waals surface area contributed by atoms with Gasteiger partial charge < -0.3 is 19.5 Å². The number of aldehydes is 1. The van der Waals surface area contributed by atoms with Crippen molar-refractivity contribution < 1.29 is 19.4 Å². The average Bonchev–Trinajstić information content (AvgIpc) is 3.20. The highest BCUT2D eigenvalue weighted by Crippen LogP contribution is 2.33. The SMILES string of the molecule is CC(CCCC=O)n1cc(C2C[C@H](CO)N(C(=O)OC(C)(C)C)C2)cn1. The molecule has 0 aromatic carbocycles. The molecule has 1 saturated heterocycles. The van der Waals surface area contributed by atoms with E-state index in [1.54, 1.807) is 4.90 Å². The first-order chi connectivity index (χ1) is 12.2. The Hall–Kier alpha value is -1.89. The lowest BCUT2D eigenvalue weighted by Gasteiger charge is -2.27. The van der Waals surface area contributed by atoms with Gasteiger partial charge in [-0.1, -0.05) is 0 Å². The number of carbonyl (C=O) groups excluding carboxylic acids is 2. The van der Waals surface area contributed by atoms with Crippen LogP contribution in [0.1, 0.15) is 70.9 Å². The fourth-order valence-electron chi connectivity index (χ4n) is 3.31. The molecule has 7 heteroatoms. The standard InChI is InChI=1S/C19H31N3O4/c1-14(7-5-6-8-23)22-12-16(10-20-22)15-9-17(13-24)21(11-15)18(25)26-19(2,3)4/h8,10,12,14-15,17,24H,5-7,9,11,13H2,1-4H3/t14?,15?,17-/m1/s1. The van der Waals surface area contributed by atoms with Crippen molar-refractivity contribution in [3.63, 3.8) is 0 Å². The van der Waals surface area contributed by atoms with Gasteiger partial charge in [-0.2, -0.15) is 5.10 Å². The molecule has 2 rings (SSSR count). The van der Waals surface area contributed by atoms with E-state index in [1.165, 1.54) is 0 Å². The third kappa shape index (κ3) is 5.30. The van der Waals surface area contributed by atoms with E-state index in [0.717, 1.165) is 24.7 Å². The van der Waals surface area contributed by atoms with Gasteiger partial charge >= 0.3 is 6.09 Å². The van der Waals surface area contributed by atoms with Crippen molar-refractivity contribution in [1.29, 1.82) is 0 Å². The largest absolute Gasteiger partial charge is 0.444 e. The number of unbranched alkanes of at least 4 members (excludes halogenated alkanes) is 1. The summed E-state index contributed by atoms with van der Waals surface area (Å²) >= 11 is 0. The maximum atomic E-state index is 12.4. The quantitative estimate of drug-likeness (QED) is 0.593. The van der Waals surface area contributed by atoms with E-state index in [4.69, 9.17) is 4.74 Å². The zero-order chi connectivity index (χ0) is 19.3. The Labute approximate surface area is 155 Å². The maximum Gasteiger partial charge on any atom is 0.410 e. The number of amides is 1. The minimum Gasteiger partial charge on any atom is -0.444 e. The Morgan fingerprint density at radius 1 is 1.50 bits per heavy atom. The van der Waals surface area contributed by atoms with Gasteiger partial charge in [-0.15, -0.1) is 0 Å². The highest BCUT2D eigenvalue weighted by atomic mass is 16.6. The second-order valence-electron chi connectivity index (χ2n) is 8.10. The highest BCUT2D eigenvalue weighted by molar-refractivity contribution is 5.69. The molecular weight excluding hydrogens is 334 g/mol. The number of hydrogen-bond acceptors (Lipinski definition) is 5. The normalized spacial score (nSPS) is 21.7. The van der Waals surface area contributed by atoms with E-state index in [9.17, 15) is 14.7 Å². The fourth-order valence-corrected chi connectivity index (χ4v) is 3.31. The van der Waals surface area contributed by atoms with Crippen molar-refractivity contribution in [2.45, 2.75) is 77.0 Å². The molecule has 3 atom stereocenters. The predicted octanol–water partition coefficient (Wildman–Crippen LogP) is 2.90. The minimum absolute atomic E-state index is 0.0774. The van der Waals surface area contributed by atoms with Crippen molar-refractivity contribution in [3.05, 3.63) is 18.0 Å². The van der Waals surface area contributed by atoms with Crippen LogP contribution in [0, 0.1) is 0 Å². The van der Waals surface area contributed by atoms with Crippen LogP contribution in [0.15, 0.2) is 12.4 Å². The summed E-state index contributed by atoms with van der Waals surface area (Å²) in [6.07, 6.45) is 7.44. The number of aromatic nitrogens is 2. The summed E-state index contributed by atoms with van der Waals surface area (Å²) in [4.78, 5) is 24.5. The summed E-state index contributed by atoms with van der Waals surface area (Å²) in [6.45, 7) is 8.03. The smallest absolute Gasteiger partial charge is 0.410 e. The summed E-state index contributed by atoms with van der Waals surface area (Å²) in [7, 11) is 0. The number of aliphatic hydroxyl groups is 1. The van der Waals surface area contributed by atoms with Crippen LogP contribution < -0.4 is 0 Å². The Kier molecular flexibility index (Phi) is 6.81. The van der Waals surface area contributed by atoms with Crippen LogP contribution in [0.2, 0.25) is 0 Å². The molecule has 0 spiro atoms. The molecule has 1 amide bonds. The molecule has 1 fully saturated rings. The number of likely N-dealkylation sites (tertiary alicyclic amines) is 1. The minimum atomic E-state index is -0.559. The first-order valence-electron chi connectivity index (χ1n) is 9.33. The Balaban J connectivity index is 2.01. The van der Waals surface area contributed by atoms with E-state index in [-0.39, 0.29) is 30.7 Å². The number of nitrogens with zero attached hydrogens (tertiary/aromatic N) is 3. The molecule has 2 unspecified atom stereocenters. The average molecular weight is 365 g/mol. The summed E-state index contributed by atoms with van der Waals surface area (Å²) in [5, 5.41) is 14.1. The lowest BCUT2D eigenvalue weighted by atomic mass is 10.00. The van der Waals surface area contributed by atoms with Crippen LogP contribution in [0.4, 0.5) is 4.79 Å². The molecule has 2 heterocycles. The topological polar surface area (TPSA) is 84.7 Å². The van der Waals surface area contributed by atoms with Gasteiger partial charge in [0.05, 0.1) is 18.8 Å². The monoisotopic (exact) mass is 365 g/mol. The highest BCUT2D eigenvalue weighted by Gasteiger charge is 2.38. The van der Waals surface area contributed by atoms with Crippen LogP contribution in [0.25, 0.3) is 0 Å². The zero-order valence-electron chi connectivity index (χ0n) is 16.2. The van der Waals surface area contributed by atoms with Gasteiger partial charge in [-0.05, 0) is 52.5 Å². The van der Waals surface area contributed by atoms with Crippen molar-refractivity contribution in [2.75, 3.05) is 13.2 Å². The maximum absolute atomic E-state index is 12.4. The molecule has 146 valence electrons. The molecule has 26 heavy (non-hydrogen) atoms. The lowest BCUT2D eigenvalue weighted by Crippen LogP contribution is -2.41.